The molecule has 26 heavy (non-hydrogen) atoms. The summed E-state index contributed by atoms with van der Waals surface area (Å²) in [5, 5.41) is 12.5. The van der Waals surface area contributed by atoms with E-state index in [4.69, 9.17) is 19.3 Å². The molecular formula is C20H24N2O4. The molecule has 1 aliphatic heterocycles. The van der Waals surface area contributed by atoms with Crippen molar-refractivity contribution in [1.82, 2.24) is 0 Å². The Morgan fingerprint density at radius 1 is 1.04 bits per heavy atom. The number of fused-ring (bicyclic) bond motifs is 1. The quantitative estimate of drug-likeness (QED) is 0.797. The molecule has 138 valence electrons. The van der Waals surface area contributed by atoms with Crippen molar-refractivity contribution in [3.63, 3.8) is 0 Å². The number of aryl methyl sites for hydroxylation is 1. The Hall–Kier alpha value is -2.73. The van der Waals surface area contributed by atoms with Crippen LogP contribution >= 0.6 is 0 Å². The number of benzene rings is 2. The second-order valence-electron chi connectivity index (χ2n) is 6.01. The summed E-state index contributed by atoms with van der Waals surface area (Å²) in [4.78, 5) is 4.62. The summed E-state index contributed by atoms with van der Waals surface area (Å²) in [7, 11) is 4.92. The zero-order valence-electron chi connectivity index (χ0n) is 15.3. The number of nitrogens with one attached hydrogen (secondary N) is 1. The van der Waals surface area contributed by atoms with Crippen molar-refractivity contribution in [2.45, 2.75) is 19.0 Å². The van der Waals surface area contributed by atoms with Crippen LogP contribution in [0, 0.1) is 0 Å². The van der Waals surface area contributed by atoms with Gasteiger partial charge in [0.05, 0.1) is 32.6 Å². The lowest BCUT2D eigenvalue weighted by atomic mass is 10.0. The Morgan fingerprint density at radius 3 is 2.54 bits per heavy atom. The lowest BCUT2D eigenvalue weighted by Gasteiger charge is -2.24. The fourth-order valence-corrected chi connectivity index (χ4v) is 3.05. The molecule has 0 amide bonds. The molecule has 0 bridgehead atoms. The highest BCUT2D eigenvalue weighted by Crippen LogP contribution is 2.37. The zero-order chi connectivity index (χ0) is 18.5. The highest BCUT2D eigenvalue weighted by Gasteiger charge is 2.20. The molecule has 0 saturated carbocycles. The highest BCUT2D eigenvalue weighted by atomic mass is 16.5. The van der Waals surface area contributed by atoms with E-state index in [9.17, 15) is 0 Å². The first-order valence-corrected chi connectivity index (χ1v) is 8.53. The summed E-state index contributed by atoms with van der Waals surface area (Å²) in [5.74, 6) is 2.24. The van der Waals surface area contributed by atoms with Gasteiger partial charge in [-0.15, -0.1) is 0 Å². The smallest absolute Gasteiger partial charge is 0.144 e. The van der Waals surface area contributed by atoms with E-state index in [1.54, 1.807) is 21.3 Å². The molecule has 0 aliphatic carbocycles. The first-order valence-electron chi connectivity index (χ1n) is 8.53. The predicted octanol–water partition coefficient (Wildman–Crippen LogP) is 3.18. The zero-order valence-corrected chi connectivity index (χ0v) is 15.3. The van der Waals surface area contributed by atoms with Crippen molar-refractivity contribution >= 4 is 11.9 Å². The Bertz CT molecular complexity index is 805. The molecule has 0 saturated heterocycles. The van der Waals surface area contributed by atoms with Crippen molar-refractivity contribution in [3.8, 4) is 17.2 Å². The van der Waals surface area contributed by atoms with Gasteiger partial charge in [0.25, 0.3) is 0 Å². The first-order chi connectivity index (χ1) is 12.7. The van der Waals surface area contributed by atoms with Crippen LogP contribution in [0.3, 0.4) is 0 Å². The van der Waals surface area contributed by atoms with Crippen LogP contribution in [0.2, 0.25) is 0 Å². The molecule has 1 heterocycles. The first kappa shape index (κ1) is 18.1. The minimum atomic E-state index is -0.222. The Morgan fingerprint density at radius 2 is 1.85 bits per heavy atom. The lowest BCUT2D eigenvalue weighted by molar-refractivity contribution is 0.287. The summed E-state index contributed by atoms with van der Waals surface area (Å²) in [5.41, 5.74) is 3.88. The van der Waals surface area contributed by atoms with E-state index in [0.29, 0.717) is 12.2 Å². The van der Waals surface area contributed by atoms with E-state index in [0.717, 1.165) is 40.3 Å². The number of hydrogen-bond acceptors (Lipinski definition) is 6. The summed E-state index contributed by atoms with van der Waals surface area (Å²) in [6.07, 6.45) is 3.09. The van der Waals surface area contributed by atoms with Crippen LogP contribution in [-0.2, 0) is 6.42 Å². The Labute approximate surface area is 153 Å². The monoisotopic (exact) mass is 356 g/mol. The fraction of sp³-hybridized carbons (Fsp3) is 0.350. The predicted molar refractivity (Wildman–Crippen MR) is 102 cm³/mol. The van der Waals surface area contributed by atoms with Crippen molar-refractivity contribution in [2.75, 3.05) is 33.3 Å². The van der Waals surface area contributed by atoms with Crippen molar-refractivity contribution < 1.29 is 19.3 Å². The lowest BCUT2D eigenvalue weighted by Crippen LogP contribution is -2.15. The SMILES string of the molecule is COc1cc2c(c(OC)c1)C=NC(c1ccc(CCCO)c(OC)c1)N2. The maximum absolute atomic E-state index is 9.04. The molecule has 1 unspecified atom stereocenters. The van der Waals surface area contributed by atoms with Gasteiger partial charge < -0.3 is 24.6 Å². The molecule has 2 aromatic rings. The number of hydrogen-bond donors (Lipinski definition) is 2. The van der Waals surface area contributed by atoms with Gasteiger partial charge in [-0.25, -0.2) is 0 Å². The third-order valence-electron chi connectivity index (χ3n) is 4.45. The molecule has 0 spiro atoms. The van der Waals surface area contributed by atoms with Gasteiger partial charge in [0.15, 0.2) is 0 Å². The number of ether oxygens (including phenoxy) is 3. The molecule has 0 fully saturated rings. The van der Waals surface area contributed by atoms with E-state index in [1.165, 1.54) is 0 Å². The van der Waals surface area contributed by atoms with Crippen LogP contribution in [0.1, 0.15) is 29.3 Å². The molecule has 2 N–H and O–H groups in total. The normalized spacial score (nSPS) is 15.2. The van der Waals surface area contributed by atoms with E-state index >= 15 is 0 Å². The minimum Gasteiger partial charge on any atom is -0.497 e. The van der Waals surface area contributed by atoms with Crippen LogP contribution < -0.4 is 19.5 Å². The minimum absolute atomic E-state index is 0.166. The number of aliphatic hydroxyl groups is 1. The molecule has 6 nitrogen and oxygen atoms in total. The molecule has 3 rings (SSSR count). The Kier molecular flexibility index (Phi) is 5.63. The average Bonchev–Trinajstić information content (AvgIpc) is 2.70. The maximum atomic E-state index is 9.04. The van der Waals surface area contributed by atoms with Gasteiger partial charge in [0, 0.05) is 25.0 Å². The third kappa shape index (κ3) is 3.60. The number of aliphatic hydroxyl groups excluding tert-OH is 1. The van der Waals surface area contributed by atoms with Crippen molar-refractivity contribution in [1.29, 1.82) is 0 Å². The molecule has 0 aromatic heterocycles. The van der Waals surface area contributed by atoms with Crippen LogP contribution in [0.25, 0.3) is 0 Å². The highest BCUT2D eigenvalue weighted by molar-refractivity contribution is 5.94. The van der Waals surface area contributed by atoms with E-state index in [2.05, 4.69) is 10.3 Å². The summed E-state index contributed by atoms with van der Waals surface area (Å²) < 4.78 is 16.3. The van der Waals surface area contributed by atoms with Crippen LogP contribution in [0.4, 0.5) is 5.69 Å². The number of nitrogens with zero attached hydrogens (tertiary/aromatic N) is 1. The number of methoxy groups -OCH3 is 3. The van der Waals surface area contributed by atoms with Gasteiger partial charge in [-0.05, 0) is 30.0 Å². The van der Waals surface area contributed by atoms with E-state index in [1.807, 2.05) is 36.5 Å². The van der Waals surface area contributed by atoms with E-state index < -0.39 is 0 Å². The van der Waals surface area contributed by atoms with Crippen molar-refractivity contribution in [3.05, 3.63) is 47.0 Å². The molecule has 2 aromatic carbocycles. The fourth-order valence-electron chi connectivity index (χ4n) is 3.05. The van der Waals surface area contributed by atoms with Crippen LogP contribution in [-0.4, -0.2) is 39.3 Å². The number of rotatable bonds is 7. The number of aliphatic imine (C=N–C) groups is 1. The van der Waals surface area contributed by atoms with Crippen LogP contribution in [0.15, 0.2) is 35.3 Å². The van der Waals surface area contributed by atoms with Gasteiger partial charge in [-0.1, -0.05) is 12.1 Å². The maximum Gasteiger partial charge on any atom is 0.144 e. The number of anilines is 1. The Balaban J connectivity index is 1.89. The second-order valence-corrected chi connectivity index (χ2v) is 6.01. The van der Waals surface area contributed by atoms with Gasteiger partial charge in [-0.3, -0.25) is 4.99 Å². The van der Waals surface area contributed by atoms with Gasteiger partial charge in [0.1, 0.15) is 23.4 Å². The second kappa shape index (κ2) is 8.10. The van der Waals surface area contributed by atoms with Gasteiger partial charge in [-0.2, -0.15) is 0 Å². The van der Waals surface area contributed by atoms with Crippen LogP contribution in [0.5, 0.6) is 17.2 Å². The standard InChI is InChI=1S/C20H24N2O4/c1-24-15-10-17-16(19(11-15)26-3)12-21-20(22-17)14-7-6-13(5-4-8-23)18(9-14)25-2/h6-7,9-12,20,22-23H,4-5,8H2,1-3H3. The van der Waals surface area contributed by atoms with Gasteiger partial charge in [0.2, 0.25) is 0 Å². The largest absolute Gasteiger partial charge is 0.497 e. The van der Waals surface area contributed by atoms with Crippen molar-refractivity contribution in [2.24, 2.45) is 4.99 Å². The summed E-state index contributed by atoms with van der Waals surface area (Å²) in [6, 6.07) is 9.83. The topological polar surface area (TPSA) is 72.3 Å². The third-order valence-corrected chi connectivity index (χ3v) is 4.45. The average molecular weight is 356 g/mol. The molecule has 1 aliphatic rings. The molecule has 1 atom stereocenters. The summed E-state index contributed by atoms with van der Waals surface area (Å²) in [6.45, 7) is 0.166. The summed E-state index contributed by atoms with van der Waals surface area (Å²) >= 11 is 0. The van der Waals surface area contributed by atoms with Gasteiger partial charge >= 0.3 is 0 Å². The molecule has 6 heteroatoms. The van der Waals surface area contributed by atoms with E-state index in [-0.39, 0.29) is 12.8 Å². The molecule has 0 radical (unpaired) electrons. The molecular weight excluding hydrogens is 332 g/mol.